The fraction of sp³-hybridized carbons (Fsp3) is 0.0303. The summed E-state index contributed by atoms with van der Waals surface area (Å²) in [7, 11) is 0. The Balaban J connectivity index is 1.20. The van der Waals surface area contributed by atoms with E-state index >= 15 is 0 Å². The lowest BCUT2D eigenvalue weighted by molar-refractivity contribution is 0.669. The molecule has 0 saturated carbocycles. The molecule has 7 rings (SSSR count). The predicted molar refractivity (Wildman–Crippen MR) is 148 cm³/mol. The van der Waals surface area contributed by atoms with Gasteiger partial charge in [0.05, 0.1) is 11.2 Å². The van der Waals surface area contributed by atoms with Crippen molar-refractivity contribution in [3.05, 3.63) is 121 Å². The first-order valence-corrected chi connectivity index (χ1v) is 12.1. The van der Waals surface area contributed by atoms with E-state index in [4.69, 9.17) is 14.4 Å². The molecule has 0 N–H and O–H groups in total. The Bertz CT molecular complexity index is 1880. The largest absolute Gasteiger partial charge is 0.456 e. The molecule has 0 bridgehead atoms. The fourth-order valence-corrected chi connectivity index (χ4v) is 4.83. The average molecular weight is 463 g/mol. The molecule has 0 fully saturated rings. The summed E-state index contributed by atoms with van der Waals surface area (Å²) in [6.07, 6.45) is 3.86. The normalized spacial score (nSPS) is 11.5. The second-order valence-corrected chi connectivity index (χ2v) is 9.24. The summed E-state index contributed by atoms with van der Waals surface area (Å²) in [5.41, 5.74) is 10.5. The van der Waals surface area contributed by atoms with Gasteiger partial charge in [-0.05, 0) is 60.5 Å². The lowest BCUT2D eigenvalue weighted by Crippen LogP contribution is -1.88. The zero-order valence-electron chi connectivity index (χ0n) is 19.8. The summed E-state index contributed by atoms with van der Waals surface area (Å²) in [5.74, 6) is 0. The van der Waals surface area contributed by atoms with Gasteiger partial charge < -0.3 is 4.42 Å². The molecule has 0 unspecified atom stereocenters. The number of nitrogens with zero attached hydrogens (tertiary/aromatic N) is 2. The smallest absolute Gasteiger partial charge is 0.135 e. The summed E-state index contributed by atoms with van der Waals surface area (Å²) in [4.78, 5) is 9.54. The molecule has 0 radical (unpaired) electrons. The number of benzene rings is 4. The average Bonchev–Trinajstić information content (AvgIpc) is 3.31. The zero-order valence-corrected chi connectivity index (χ0v) is 19.8. The highest BCUT2D eigenvalue weighted by molar-refractivity contribution is 6.06. The third-order valence-electron chi connectivity index (χ3n) is 6.84. The topological polar surface area (TPSA) is 38.9 Å². The molecule has 0 saturated heterocycles. The van der Waals surface area contributed by atoms with Crippen LogP contribution in [0.5, 0.6) is 0 Å². The summed E-state index contributed by atoms with van der Waals surface area (Å²) >= 11 is 0. The van der Waals surface area contributed by atoms with Gasteiger partial charge in [0, 0.05) is 45.2 Å². The highest BCUT2D eigenvalue weighted by Crippen LogP contribution is 2.33. The van der Waals surface area contributed by atoms with E-state index in [2.05, 4.69) is 85.8 Å². The van der Waals surface area contributed by atoms with Gasteiger partial charge in [-0.3, -0.25) is 9.97 Å². The summed E-state index contributed by atoms with van der Waals surface area (Å²) in [6, 6.07) is 35.8. The highest BCUT2D eigenvalue weighted by Gasteiger charge is 2.10. The van der Waals surface area contributed by atoms with E-state index in [1.165, 1.54) is 16.7 Å². The van der Waals surface area contributed by atoms with Gasteiger partial charge >= 0.3 is 0 Å². The van der Waals surface area contributed by atoms with Gasteiger partial charge in [0.25, 0.3) is 0 Å². The molecule has 0 aliphatic rings. The maximum Gasteiger partial charge on any atom is 0.135 e. The van der Waals surface area contributed by atoms with E-state index in [1.807, 2.05) is 36.7 Å². The summed E-state index contributed by atoms with van der Waals surface area (Å²) < 4.78 is 5.97. The Kier molecular flexibility index (Phi) is 4.68. The van der Waals surface area contributed by atoms with Crippen molar-refractivity contribution in [2.24, 2.45) is 0 Å². The maximum atomic E-state index is 5.97. The molecule has 36 heavy (non-hydrogen) atoms. The Labute approximate surface area is 208 Å². The van der Waals surface area contributed by atoms with Gasteiger partial charge in [0.2, 0.25) is 0 Å². The molecule has 3 heterocycles. The van der Waals surface area contributed by atoms with Crippen LogP contribution in [0.3, 0.4) is 0 Å². The second kappa shape index (κ2) is 8.17. The summed E-state index contributed by atoms with van der Waals surface area (Å²) in [5, 5.41) is 3.35. The predicted octanol–water partition coefficient (Wildman–Crippen LogP) is 8.84. The minimum absolute atomic E-state index is 0.893. The molecule has 0 spiro atoms. The second-order valence-electron chi connectivity index (χ2n) is 9.24. The lowest BCUT2D eigenvalue weighted by atomic mass is 10.0. The van der Waals surface area contributed by atoms with Gasteiger partial charge in [0.1, 0.15) is 11.2 Å². The van der Waals surface area contributed by atoms with Crippen LogP contribution in [0, 0.1) is 6.92 Å². The number of aromatic nitrogens is 2. The fourth-order valence-electron chi connectivity index (χ4n) is 4.83. The minimum atomic E-state index is 0.893. The number of hydrogen-bond acceptors (Lipinski definition) is 3. The summed E-state index contributed by atoms with van der Waals surface area (Å²) in [6.45, 7) is 2.11. The van der Waals surface area contributed by atoms with Crippen molar-refractivity contribution in [2.75, 3.05) is 0 Å². The van der Waals surface area contributed by atoms with Crippen LogP contribution >= 0.6 is 0 Å². The van der Waals surface area contributed by atoms with Crippen LogP contribution in [-0.4, -0.2) is 9.97 Å². The lowest BCUT2D eigenvalue weighted by Gasteiger charge is -2.07. The monoisotopic (exact) mass is 462 g/mol. The molecule has 3 aromatic heterocycles. The third-order valence-corrected chi connectivity index (χ3v) is 6.84. The van der Waals surface area contributed by atoms with Gasteiger partial charge in [-0.15, -0.1) is 0 Å². The van der Waals surface area contributed by atoms with Crippen molar-refractivity contribution in [2.45, 2.75) is 6.92 Å². The Morgan fingerprint density at radius 1 is 0.528 bits per heavy atom. The number of para-hydroxylation sites is 1. The van der Waals surface area contributed by atoms with E-state index in [0.717, 1.165) is 55.2 Å². The van der Waals surface area contributed by atoms with Gasteiger partial charge in [0.15, 0.2) is 0 Å². The molecule has 0 aliphatic heterocycles. The van der Waals surface area contributed by atoms with Crippen LogP contribution in [0.1, 0.15) is 5.56 Å². The van der Waals surface area contributed by atoms with Crippen LogP contribution in [-0.2, 0) is 0 Å². The highest BCUT2D eigenvalue weighted by atomic mass is 16.3. The zero-order chi connectivity index (χ0) is 24.1. The maximum absolute atomic E-state index is 5.97. The molecule has 3 heteroatoms. The third kappa shape index (κ3) is 3.53. The van der Waals surface area contributed by atoms with E-state index < -0.39 is 0 Å². The molecular formula is C33H22N2O. The first kappa shape index (κ1) is 20.6. The van der Waals surface area contributed by atoms with Crippen molar-refractivity contribution in [1.82, 2.24) is 9.97 Å². The molecule has 3 nitrogen and oxygen atoms in total. The molecular weight excluding hydrogens is 440 g/mol. The van der Waals surface area contributed by atoms with Crippen LogP contribution in [0.15, 0.2) is 120 Å². The van der Waals surface area contributed by atoms with Gasteiger partial charge in [-0.2, -0.15) is 0 Å². The van der Waals surface area contributed by atoms with Crippen LogP contribution in [0.25, 0.3) is 66.4 Å². The molecule has 0 aliphatic carbocycles. The van der Waals surface area contributed by atoms with Crippen molar-refractivity contribution in [3.63, 3.8) is 0 Å². The number of aryl methyl sites for hydroxylation is 1. The van der Waals surface area contributed by atoms with Crippen LogP contribution < -0.4 is 0 Å². The molecule has 7 aromatic rings. The number of fused-ring (bicyclic) bond motifs is 4. The van der Waals surface area contributed by atoms with E-state index in [9.17, 15) is 0 Å². The standard InChI is InChI=1S/C33H22N2O/c1-21-6-8-22(9-7-21)23-10-11-24-16-27(20-35-31(24)18-23)26-12-14-30(34-19-26)25-13-15-33-29(17-25)28-4-2-3-5-32(28)36-33/h2-20H,1H3. The van der Waals surface area contributed by atoms with Gasteiger partial charge in [-0.1, -0.05) is 66.2 Å². The van der Waals surface area contributed by atoms with Crippen LogP contribution in [0.2, 0.25) is 0 Å². The Hall–Kier alpha value is -4.76. The van der Waals surface area contributed by atoms with E-state index in [-0.39, 0.29) is 0 Å². The number of pyridine rings is 2. The molecule has 170 valence electrons. The number of rotatable bonds is 3. The number of hydrogen-bond donors (Lipinski definition) is 0. The van der Waals surface area contributed by atoms with Crippen LogP contribution in [0.4, 0.5) is 0 Å². The quantitative estimate of drug-likeness (QED) is 0.263. The minimum Gasteiger partial charge on any atom is -0.456 e. The van der Waals surface area contributed by atoms with Gasteiger partial charge in [-0.25, -0.2) is 0 Å². The van der Waals surface area contributed by atoms with E-state index in [0.29, 0.717) is 0 Å². The Morgan fingerprint density at radius 2 is 1.28 bits per heavy atom. The molecule has 0 amide bonds. The number of furan rings is 1. The van der Waals surface area contributed by atoms with E-state index in [1.54, 1.807) is 0 Å². The first-order valence-electron chi connectivity index (χ1n) is 12.1. The Morgan fingerprint density at radius 3 is 2.14 bits per heavy atom. The van der Waals surface area contributed by atoms with Crippen molar-refractivity contribution in [1.29, 1.82) is 0 Å². The van der Waals surface area contributed by atoms with Crippen molar-refractivity contribution in [3.8, 4) is 33.5 Å². The first-order chi connectivity index (χ1) is 17.7. The van der Waals surface area contributed by atoms with Crippen molar-refractivity contribution >= 4 is 32.8 Å². The SMILES string of the molecule is Cc1ccc(-c2ccc3cc(-c4ccc(-c5ccc6oc7ccccc7c6c5)nc4)cnc3c2)cc1. The molecule has 0 atom stereocenters. The van der Waals surface area contributed by atoms with Crippen molar-refractivity contribution < 1.29 is 4.42 Å². The molecule has 4 aromatic carbocycles.